The van der Waals surface area contributed by atoms with E-state index in [0.29, 0.717) is 17.5 Å². The zero-order chi connectivity index (χ0) is 20.7. The quantitative estimate of drug-likeness (QED) is 0.844. The average molecular weight is 398 g/mol. The summed E-state index contributed by atoms with van der Waals surface area (Å²) < 4.78 is 0. The van der Waals surface area contributed by atoms with Crippen molar-refractivity contribution in [1.82, 2.24) is 4.90 Å². The van der Waals surface area contributed by atoms with E-state index in [1.54, 1.807) is 4.90 Å². The van der Waals surface area contributed by atoms with Crippen LogP contribution in [-0.4, -0.2) is 62.3 Å². The third kappa shape index (κ3) is 3.75. The SMILES string of the molecule is CC1=N[C@H](N)C(=O)N(CC(=O)N2CC3CCC(CC3)C2)c2c1cccc2N(C)C. The van der Waals surface area contributed by atoms with Crippen molar-refractivity contribution in [2.24, 2.45) is 22.6 Å². The molecular formula is C22H31N5O2. The molecule has 3 aliphatic heterocycles. The highest BCUT2D eigenvalue weighted by Gasteiger charge is 2.36. The van der Waals surface area contributed by atoms with Crippen molar-refractivity contribution in [2.75, 3.05) is 43.5 Å². The Hall–Kier alpha value is -2.41. The number of nitrogens with two attached hydrogens (primary N) is 1. The number of rotatable bonds is 3. The normalized spacial score (nSPS) is 26.6. The lowest BCUT2D eigenvalue weighted by Crippen LogP contribution is -2.49. The summed E-state index contributed by atoms with van der Waals surface area (Å²) in [6.07, 6.45) is 3.85. The van der Waals surface area contributed by atoms with Crippen molar-refractivity contribution in [3.05, 3.63) is 23.8 Å². The molecule has 2 bridgehead atoms. The lowest BCUT2D eigenvalue weighted by molar-refractivity contribution is -0.132. The fraction of sp³-hybridized carbons (Fsp3) is 0.591. The van der Waals surface area contributed by atoms with Crippen molar-refractivity contribution in [1.29, 1.82) is 0 Å². The predicted molar refractivity (Wildman–Crippen MR) is 115 cm³/mol. The van der Waals surface area contributed by atoms with E-state index in [2.05, 4.69) is 4.99 Å². The Morgan fingerprint density at radius 3 is 2.38 bits per heavy atom. The van der Waals surface area contributed by atoms with Crippen LogP contribution in [0.4, 0.5) is 11.4 Å². The Balaban J connectivity index is 1.68. The molecule has 1 aromatic carbocycles. The fourth-order valence-corrected chi connectivity index (χ4v) is 4.96. The molecule has 0 unspecified atom stereocenters. The zero-order valence-corrected chi connectivity index (χ0v) is 17.6. The van der Waals surface area contributed by atoms with Crippen LogP contribution in [0.1, 0.15) is 38.2 Å². The largest absolute Gasteiger partial charge is 0.376 e. The minimum Gasteiger partial charge on any atom is -0.376 e. The first-order valence-corrected chi connectivity index (χ1v) is 10.5. The van der Waals surface area contributed by atoms with E-state index in [1.165, 1.54) is 25.7 Å². The fourth-order valence-electron chi connectivity index (χ4n) is 4.96. The number of hydrogen-bond donors (Lipinski definition) is 1. The number of hydrogen-bond acceptors (Lipinski definition) is 5. The van der Waals surface area contributed by atoms with E-state index in [4.69, 9.17) is 5.73 Å². The maximum atomic E-state index is 13.3. The van der Waals surface area contributed by atoms with Gasteiger partial charge in [0, 0.05) is 38.5 Å². The Kier molecular flexibility index (Phi) is 5.34. The van der Waals surface area contributed by atoms with Gasteiger partial charge >= 0.3 is 0 Å². The molecule has 3 fully saturated rings. The van der Waals surface area contributed by atoms with Crippen LogP contribution in [0.25, 0.3) is 0 Å². The van der Waals surface area contributed by atoms with Crippen LogP contribution in [-0.2, 0) is 9.59 Å². The third-order valence-electron chi connectivity index (χ3n) is 6.58. The lowest BCUT2D eigenvalue weighted by Gasteiger charge is -2.31. The first-order valence-electron chi connectivity index (χ1n) is 10.5. The van der Waals surface area contributed by atoms with Crippen molar-refractivity contribution in [3.63, 3.8) is 0 Å². The van der Waals surface area contributed by atoms with Gasteiger partial charge < -0.3 is 15.5 Å². The van der Waals surface area contributed by atoms with Gasteiger partial charge in [-0.25, -0.2) is 0 Å². The van der Waals surface area contributed by atoms with Crippen LogP contribution in [0.3, 0.4) is 0 Å². The zero-order valence-electron chi connectivity index (χ0n) is 17.6. The number of amides is 2. The smallest absolute Gasteiger partial charge is 0.266 e. The second kappa shape index (κ2) is 7.78. The second-order valence-electron chi connectivity index (χ2n) is 8.84. The molecule has 2 amide bonds. The first-order chi connectivity index (χ1) is 13.8. The van der Waals surface area contributed by atoms with Gasteiger partial charge in [0.1, 0.15) is 6.54 Å². The van der Waals surface area contributed by atoms with Gasteiger partial charge in [-0.2, -0.15) is 0 Å². The van der Waals surface area contributed by atoms with Gasteiger partial charge in [0.25, 0.3) is 5.91 Å². The molecular weight excluding hydrogens is 366 g/mol. The van der Waals surface area contributed by atoms with E-state index in [-0.39, 0.29) is 18.4 Å². The molecule has 0 radical (unpaired) electrons. The molecule has 29 heavy (non-hydrogen) atoms. The van der Waals surface area contributed by atoms with Crippen LogP contribution >= 0.6 is 0 Å². The summed E-state index contributed by atoms with van der Waals surface area (Å²) in [5.74, 6) is 0.858. The highest BCUT2D eigenvalue weighted by Crippen LogP contribution is 2.36. The number of fused-ring (bicyclic) bond motifs is 5. The second-order valence-corrected chi connectivity index (χ2v) is 8.84. The third-order valence-corrected chi connectivity index (χ3v) is 6.58. The molecule has 2 saturated heterocycles. The molecule has 1 aliphatic carbocycles. The number of anilines is 2. The molecule has 1 saturated carbocycles. The number of carbonyl (C=O) groups excluding carboxylic acids is 2. The predicted octanol–water partition coefficient (Wildman–Crippen LogP) is 1.84. The van der Waals surface area contributed by atoms with E-state index in [9.17, 15) is 9.59 Å². The number of carbonyl (C=O) groups is 2. The summed E-state index contributed by atoms with van der Waals surface area (Å²) in [6.45, 7) is 3.48. The van der Waals surface area contributed by atoms with E-state index >= 15 is 0 Å². The minimum absolute atomic E-state index is 0.00316. The Bertz CT molecular complexity index is 828. The van der Waals surface area contributed by atoms with Gasteiger partial charge in [-0.3, -0.25) is 19.5 Å². The number of nitrogens with zero attached hydrogens (tertiary/aromatic N) is 4. The first kappa shape index (κ1) is 19.9. The molecule has 4 aliphatic rings. The summed E-state index contributed by atoms with van der Waals surface area (Å²) in [5.41, 5.74) is 9.25. The molecule has 1 aromatic rings. The van der Waals surface area contributed by atoms with Crippen LogP contribution in [0.5, 0.6) is 0 Å². The van der Waals surface area contributed by atoms with Crippen molar-refractivity contribution >= 4 is 28.9 Å². The summed E-state index contributed by atoms with van der Waals surface area (Å²) in [5, 5.41) is 0. The van der Waals surface area contributed by atoms with E-state index in [1.807, 2.05) is 49.0 Å². The molecule has 156 valence electrons. The van der Waals surface area contributed by atoms with E-state index < -0.39 is 6.17 Å². The topological polar surface area (TPSA) is 82.2 Å². The number of para-hydroxylation sites is 1. The average Bonchev–Trinajstić information content (AvgIpc) is 3.07. The van der Waals surface area contributed by atoms with Crippen LogP contribution in [0.15, 0.2) is 23.2 Å². The van der Waals surface area contributed by atoms with Gasteiger partial charge in [-0.15, -0.1) is 0 Å². The Morgan fingerprint density at radius 1 is 1.17 bits per heavy atom. The van der Waals surface area contributed by atoms with Gasteiger partial charge in [-0.1, -0.05) is 12.1 Å². The summed E-state index contributed by atoms with van der Waals surface area (Å²) in [7, 11) is 3.87. The molecule has 7 nitrogen and oxygen atoms in total. The molecule has 5 rings (SSSR count). The lowest BCUT2D eigenvalue weighted by atomic mass is 9.84. The molecule has 0 spiro atoms. The van der Waals surface area contributed by atoms with Crippen LogP contribution < -0.4 is 15.5 Å². The monoisotopic (exact) mass is 397 g/mol. The van der Waals surface area contributed by atoms with Crippen molar-refractivity contribution in [2.45, 2.75) is 38.8 Å². The van der Waals surface area contributed by atoms with E-state index in [0.717, 1.165) is 30.0 Å². The Morgan fingerprint density at radius 2 is 1.79 bits per heavy atom. The van der Waals surface area contributed by atoms with Crippen molar-refractivity contribution in [3.8, 4) is 0 Å². The molecule has 2 N–H and O–H groups in total. The van der Waals surface area contributed by atoms with Crippen LogP contribution in [0, 0.1) is 11.8 Å². The number of benzodiazepines with no additional fused rings is 1. The summed E-state index contributed by atoms with van der Waals surface area (Å²) in [6, 6.07) is 5.84. The molecule has 1 atom stereocenters. The Labute approximate surface area is 172 Å². The number of aliphatic imine (C=N–C) groups is 1. The summed E-state index contributed by atoms with van der Waals surface area (Å²) >= 11 is 0. The minimum atomic E-state index is -0.995. The van der Waals surface area contributed by atoms with Crippen molar-refractivity contribution < 1.29 is 9.59 Å². The van der Waals surface area contributed by atoms with Gasteiger partial charge in [0.2, 0.25) is 5.91 Å². The maximum Gasteiger partial charge on any atom is 0.266 e. The number of benzene rings is 1. The molecule has 7 heteroatoms. The van der Waals surface area contributed by atoms with Gasteiger partial charge in [-0.05, 0) is 50.5 Å². The molecule has 3 heterocycles. The maximum absolute atomic E-state index is 13.3. The van der Waals surface area contributed by atoms with Gasteiger partial charge in [0.05, 0.1) is 11.4 Å². The highest BCUT2D eigenvalue weighted by molar-refractivity contribution is 6.15. The van der Waals surface area contributed by atoms with Gasteiger partial charge in [0.15, 0.2) is 6.17 Å². The highest BCUT2D eigenvalue weighted by atomic mass is 16.2. The van der Waals surface area contributed by atoms with Crippen LogP contribution in [0.2, 0.25) is 0 Å². The summed E-state index contributed by atoms with van der Waals surface area (Å²) in [4.78, 5) is 36.3. The molecule has 0 aromatic heterocycles. The standard InChI is InChI=1S/C22H31N5O2/c1-14-17-5-4-6-18(25(2)3)20(17)27(22(29)21(23)24-14)13-19(28)26-11-15-7-8-16(12-26)10-9-15/h4-6,15-16,21H,7-13,23H2,1-3H3/t15?,16?,21-/m0/s1.